The van der Waals surface area contributed by atoms with E-state index in [1.165, 1.54) is 0 Å². The van der Waals surface area contributed by atoms with Gasteiger partial charge in [-0.25, -0.2) is 4.79 Å². The van der Waals surface area contributed by atoms with E-state index in [2.05, 4.69) is 63.6 Å². The van der Waals surface area contributed by atoms with Gasteiger partial charge in [-0.1, -0.05) is 12.1 Å². The lowest BCUT2D eigenvalue weighted by atomic mass is 9.78. The Kier molecular flexibility index (Phi) is 5.21. The van der Waals surface area contributed by atoms with E-state index in [4.69, 9.17) is 14.0 Å². The van der Waals surface area contributed by atoms with Crippen molar-refractivity contribution in [3.63, 3.8) is 0 Å². The second-order valence-corrected chi connectivity index (χ2v) is 10.9. The van der Waals surface area contributed by atoms with Crippen LogP contribution in [0, 0.1) is 0 Å². The van der Waals surface area contributed by atoms with Crippen molar-refractivity contribution in [3.05, 3.63) is 30.0 Å². The minimum Gasteiger partial charge on any atom is -0.444 e. The zero-order chi connectivity index (χ0) is 22.8. The summed E-state index contributed by atoms with van der Waals surface area (Å²) in [6.45, 7) is 14.7. The number of amides is 1. The maximum absolute atomic E-state index is 12.8. The van der Waals surface area contributed by atoms with Gasteiger partial charge >= 0.3 is 13.2 Å². The van der Waals surface area contributed by atoms with Crippen molar-refractivity contribution in [2.45, 2.75) is 84.2 Å². The molecule has 0 bridgehead atoms. The van der Waals surface area contributed by atoms with Gasteiger partial charge in [0, 0.05) is 24.8 Å². The van der Waals surface area contributed by atoms with Crippen LogP contribution in [-0.2, 0) is 21.1 Å². The van der Waals surface area contributed by atoms with Gasteiger partial charge in [-0.3, -0.25) is 4.90 Å². The highest BCUT2D eigenvalue weighted by Crippen LogP contribution is 2.38. The summed E-state index contributed by atoms with van der Waals surface area (Å²) in [5.74, 6) is 0. The maximum Gasteiger partial charge on any atom is 0.494 e. The maximum atomic E-state index is 12.8. The third kappa shape index (κ3) is 3.98. The summed E-state index contributed by atoms with van der Waals surface area (Å²) >= 11 is 0. The van der Waals surface area contributed by atoms with Crippen LogP contribution >= 0.6 is 0 Å². The van der Waals surface area contributed by atoms with Crippen LogP contribution in [0.1, 0.15) is 73.0 Å². The highest BCUT2D eigenvalue weighted by molar-refractivity contribution is 6.62. The van der Waals surface area contributed by atoms with Gasteiger partial charge < -0.3 is 18.6 Å². The first kappa shape index (κ1) is 22.2. The van der Waals surface area contributed by atoms with Gasteiger partial charge in [-0.15, -0.1) is 0 Å². The largest absolute Gasteiger partial charge is 0.494 e. The fourth-order valence-electron chi connectivity index (χ4n) is 4.45. The summed E-state index contributed by atoms with van der Waals surface area (Å²) in [5, 5.41) is 1.13. The highest BCUT2D eigenvalue weighted by atomic mass is 16.7. The fraction of sp³-hybridized carbons (Fsp3) is 0.625. The predicted molar refractivity (Wildman–Crippen MR) is 124 cm³/mol. The minimum atomic E-state index is -0.499. The third-order valence-corrected chi connectivity index (χ3v) is 6.85. The van der Waals surface area contributed by atoms with Crippen LogP contribution < -0.4 is 5.46 Å². The van der Waals surface area contributed by atoms with Crippen LogP contribution in [0.5, 0.6) is 0 Å². The first-order chi connectivity index (χ1) is 14.3. The molecule has 0 saturated carbocycles. The first-order valence-corrected chi connectivity index (χ1v) is 11.2. The number of rotatable bonds is 2. The number of aryl methyl sites for hydroxylation is 1. The molecule has 3 heterocycles. The van der Waals surface area contributed by atoms with Crippen molar-refractivity contribution in [1.82, 2.24) is 9.47 Å². The van der Waals surface area contributed by atoms with Gasteiger partial charge in [0.25, 0.3) is 0 Å². The molecule has 31 heavy (non-hydrogen) atoms. The van der Waals surface area contributed by atoms with Crippen LogP contribution in [-0.4, -0.2) is 46.0 Å². The Morgan fingerprint density at radius 1 is 1.13 bits per heavy atom. The summed E-state index contributed by atoms with van der Waals surface area (Å²) in [5.41, 5.74) is 2.04. The number of likely N-dealkylation sites (tertiary alicyclic amines) is 1. The number of hydrogen-bond acceptors (Lipinski definition) is 4. The Bertz CT molecular complexity index is 989. The average molecular weight is 426 g/mol. The number of aromatic nitrogens is 1. The summed E-state index contributed by atoms with van der Waals surface area (Å²) in [6, 6.07) is 8.55. The highest BCUT2D eigenvalue weighted by Gasteiger charge is 2.51. The van der Waals surface area contributed by atoms with Crippen molar-refractivity contribution in [3.8, 4) is 0 Å². The van der Waals surface area contributed by atoms with Crippen molar-refractivity contribution < 1.29 is 18.8 Å². The Morgan fingerprint density at radius 2 is 1.77 bits per heavy atom. The number of ether oxygens (including phenoxy) is 1. The van der Waals surface area contributed by atoms with E-state index in [0.29, 0.717) is 0 Å². The summed E-state index contributed by atoms with van der Waals surface area (Å²) in [4.78, 5) is 14.7. The third-order valence-electron chi connectivity index (χ3n) is 6.85. The van der Waals surface area contributed by atoms with Crippen molar-refractivity contribution in [1.29, 1.82) is 0 Å². The minimum absolute atomic E-state index is 0.0209. The molecule has 2 fully saturated rings. The molecule has 1 unspecified atom stereocenters. The molecule has 1 aromatic carbocycles. The van der Waals surface area contributed by atoms with Crippen molar-refractivity contribution >= 4 is 29.6 Å². The molecule has 2 aliphatic rings. The van der Waals surface area contributed by atoms with Gasteiger partial charge in [-0.05, 0) is 84.3 Å². The quantitative estimate of drug-likeness (QED) is 0.662. The molecular weight excluding hydrogens is 391 g/mol. The number of nitrogens with zero attached hydrogens (tertiary/aromatic N) is 2. The molecule has 2 saturated heterocycles. The Hall–Kier alpha value is -1.99. The summed E-state index contributed by atoms with van der Waals surface area (Å²) < 4.78 is 20.3. The standard InChI is InChI=1S/C24H35BN2O4/c1-22(2,3)29-21(28)27-13-9-10-19(27)20-15-16-14-17(11-12-18(16)26(20)8)25-30-23(4,5)24(6,7)31-25/h11-12,14-15,19H,9-10,13H2,1-8H3. The van der Waals surface area contributed by atoms with E-state index in [1.807, 2.05) is 25.7 Å². The van der Waals surface area contributed by atoms with Gasteiger partial charge in [-0.2, -0.15) is 0 Å². The zero-order valence-electron chi connectivity index (χ0n) is 20.1. The summed E-state index contributed by atoms with van der Waals surface area (Å²) in [7, 11) is 1.68. The molecule has 2 aliphatic heterocycles. The molecule has 1 aromatic heterocycles. The van der Waals surface area contributed by atoms with Crippen molar-refractivity contribution in [2.75, 3.05) is 6.54 Å². The second-order valence-electron chi connectivity index (χ2n) is 10.9. The van der Waals surface area contributed by atoms with Crippen LogP contribution in [0.3, 0.4) is 0 Å². The Balaban J connectivity index is 1.63. The van der Waals surface area contributed by atoms with E-state index < -0.39 is 5.60 Å². The first-order valence-electron chi connectivity index (χ1n) is 11.2. The molecule has 6 nitrogen and oxygen atoms in total. The van der Waals surface area contributed by atoms with E-state index in [9.17, 15) is 4.79 Å². The Labute approximate surface area is 186 Å². The second kappa shape index (κ2) is 7.27. The number of hydrogen-bond donors (Lipinski definition) is 0. The molecule has 4 rings (SSSR count). The summed E-state index contributed by atoms with van der Waals surface area (Å²) in [6.07, 6.45) is 1.68. The van der Waals surface area contributed by atoms with Gasteiger partial charge in [0.05, 0.1) is 17.2 Å². The van der Waals surface area contributed by atoms with Crippen LogP contribution in [0.2, 0.25) is 0 Å². The lowest BCUT2D eigenvalue weighted by Crippen LogP contribution is -2.41. The molecule has 168 valence electrons. The lowest BCUT2D eigenvalue weighted by Gasteiger charge is -2.32. The molecule has 7 heteroatoms. The molecular formula is C24H35BN2O4. The molecule has 1 amide bonds. The fourth-order valence-corrected chi connectivity index (χ4v) is 4.45. The number of carbonyl (C=O) groups excluding carboxylic acids is 1. The predicted octanol–water partition coefficient (Wildman–Crippen LogP) is 4.55. The number of benzene rings is 1. The molecule has 0 spiro atoms. The van der Waals surface area contributed by atoms with Crippen LogP contribution in [0.15, 0.2) is 24.3 Å². The van der Waals surface area contributed by atoms with Crippen LogP contribution in [0.4, 0.5) is 4.79 Å². The lowest BCUT2D eigenvalue weighted by molar-refractivity contribution is 0.00578. The van der Waals surface area contributed by atoms with E-state index in [0.717, 1.165) is 41.4 Å². The average Bonchev–Trinajstić information content (AvgIpc) is 3.28. The molecule has 2 aromatic rings. The van der Waals surface area contributed by atoms with E-state index in [1.54, 1.807) is 0 Å². The Morgan fingerprint density at radius 3 is 2.39 bits per heavy atom. The van der Waals surface area contributed by atoms with E-state index >= 15 is 0 Å². The molecule has 0 N–H and O–H groups in total. The van der Waals surface area contributed by atoms with Gasteiger partial charge in [0.15, 0.2) is 0 Å². The van der Waals surface area contributed by atoms with E-state index in [-0.39, 0.29) is 30.5 Å². The molecule has 1 atom stereocenters. The van der Waals surface area contributed by atoms with Crippen molar-refractivity contribution in [2.24, 2.45) is 7.05 Å². The monoisotopic (exact) mass is 426 g/mol. The van der Waals surface area contributed by atoms with Gasteiger partial charge in [0.2, 0.25) is 0 Å². The SMILES string of the molecule is Cn1c(C2CCCN2C(=O)OC(C)(C)C)cc2cc(B3OC(C)(C)C(C)(C)O3)ccc21. The normalized spacial score (nSPS) is 23.0. The van der Waals surface area contributed by atoms with Gasteiger partial charge in [0.1, 0.15) is 5.60 Å². The van der Waals surface area contributed by atoms with Crippen LogP contribution in [0.25, 0.3) is 10.9 Å². The number of fused-ring (bicyclic) bond motifs is 1. The number of carbonyl (C=O) groups is 1. The topological polar surface area (TPSA) is 52.9 Å². The molecule has 0 radical (unpaired) electrons. The molecule has 0 aliphatic carbocycles. The smallest absolute Gasteiger partial charge is 0.444 e. The zero-order valence-corrected chi connectivity index (χ0v) is 20.1.